The minimum atomic E-state index is -0.939. The standard InChI is InChI=1S/C16H21NO4/c1-11-6-5-7-13(10-11)21-12(2)15(18)17-9-4-3-8-14(17)16(19)20/h5-7,10,12,14H,3-4,8-9H2,1-2H3,(H,19,20). The highest BCUT2D eigenvalue weighted by atomic mass is 16.5. The summed E-state index contributed by atoms with van der Waals surface area (Å²) in [6, 6.07) is 6.73. The van der Waals surface area contributed by atoms with Crippen molar-refractivity contribution in [3.8, 4) is 5.75 Å². The maximum Gasteiger partial charge on any atom is 0.326 e. The number of ether oxygens (including phenoxy) is 1. The van der Waals surface area contributed by atoms with E-state index in [2.05, 4.69) is 0 Å². The third-order valence-electron chi connectivity index (χ3n) is 3.72. The number of hydrogen-bond acceptors (Lipinski definition) is 3. The second-order valence-electron chi connectivity index (χ2n) is 5.46. The Morgan fingerprint density at radius 1 is 1.38 bits per heavy atom. The third-order valence-corrected chi connectivity index (χ3v) is 3.72. The fourth-order valence-corrected chi connectivity index (χ4v) is 2.63. The quantitative estimate of drug-likeness (QED) is 0.923. The molecule has 1 fully saturated rings. The van der Waals surface area contributed by atoms with Crippen molar-refractivity contribution >= 4 is 11.9 Å². The summed E-state index contributed by atoms with van der Waals surface area (Å²) in [5, 5.41) is 9.23. The number of carbonyl (C=O) groups excluding carboxylic acids is 1. The Morgan fingerprint density at radius 2 is 2.14 bits per heavy atom. The Morgan fingerprint density at radius 3 is 2.81 bits per heavy atom. The number of piperidine rings is 1. The number of carbonyl (C=O) groups is 2. The topological polar surface area (TPSA) is 66.8 Å². The van der Waals surface area contributed by atoms with Crippen molar-refractivity contribution in [3.63, 3.8) is 0 Å². The van der Waals surface area contributed by atoms with Crippen LogP contribution in [0.1, 0.15) is 31.7 Å². The van der Waals surface area contributed by atoms with Gasteiger partial charge >= 0.3 is 5.97 Å². The number of aliphatic carboxylic acids is 1. The molecule has 1 aliphatic heterocycles. The molecule has 1 aliphatic rings. The number of likely N-dealkylation sites (tertiary alicyclic amines) is 1. The van der Waals surface area contributed by atoms with Gasteiger partial charge in [0, 0.05) is 6.54 Å². The Bertz CT molecular complexity index is 529. The highest BCUT2D eigenvalue weighted by Crippen LogP contribution is 2.20. The second kappa shape index (κ2) is 6.61. The first kappa shape index (κ1) is 15.4. The monoisotopic (exact) mass is 291 g/mol. The van der Waals surface area contributed by atoms with E-state index in [1.165, 1.54) is 4.90 Å². The van der Waals surface area contributed by atoms with Crippen molar-refractivity contribution in [2.75, 3.05) is 6.54 Å². The van der Waals surface area contributed by atoms with Gasteiger partial charge in [0.1, 0.15) is 11.8 Å². The van der Waals surface area contributed by atoms with E-state index in [0.717, 1.165) is 18.4 Å². The molecule has 5 heteroatoms. The summed E-state index contributed by atoms with van der Waals surface area (Å²) in [7, 11) is 0. The van der Waals surface area contributed by atoms with Gasteiger partial charge in [-0.2, -0.15) is 0 Å². The van der Waals surface area contributed by atoms with Gasteiger partial charge in [-0.3, -0.25) is 4.79 Å². The van der Waals surface area contributed by atoms with Crippen LogP contribution in [0.3, 0.4) is 0 Å². The summed E-state index contributed by atoms with van der Waals surface area (Å²) in [6.45, 7) is 4.10. The number of rotatable bonds is 4. The molecule has 5 nitrogen and oxygen atoms in total. The first-order valence-electron chi connectivity index (χ1n) is 7.25. The summed E-state index contributed by atoms with van der Waals surface area (Å²) >= 11 is 0. The summed E-state index contributed by atoms with van der Waals surface area (Å²) in [5.41, 5.74) is 1.05. The molecule has 0 aliphatic carbocycles. The summed E-state index contributed by atoms with van der Waals surface area (Å²) in [4.78, 5) is 25.1. The van der Waals surface area contributed by atoms with Gasteiger partial charge in [-0.05, 0) is 50.8 Å². The minimum Gasteiger partial charge on any atom is -0.481 e. The lowest BCUT2D eigenvalue weighted by Crippen LogP contribution is -2.52. The van der Waals surface area contributed by atoms with E-state index in [4.69, 9.17) is 4.74 Å². The Labute approximate surface area is 124 Å². The van der Waals surface area contributed by atoms with E-state index in [1.54, 1.807) is 13.0 Å². The van der Waals surface area contributed by atoms with Crippen molar-refractivity contribution in [3.05, 3.63) is 29.8 Å². The van der Waals surface area contributed by atoms with Gasteiger partial charge in [-0.25, -0.2) is 4.79 Å². The van der Waals surface area contributed by atoms with Crippen LogP contribution in [0, 0.1) is 6.92 Å². The summed E-state index contributed by atoms with van der Waals surface area (Å²) in [6.07, 6.45) is 1.51. The zero-order valence-corrected chi connectivity index (χ0v) is 12.4. The van der Waals surface area contributed by atoms with Gasteiger partial charge in [-0.1, -0.05) is 12.1 Å². The molecule has 1 saturated heterocycles. The zero-order valence-electron chi connectivity index (χ0n) is 12.4. The van der Waals surface area contributed by atoms with Crippen LogP contribution in [-0.2, 0) is 9.59 Å². The molecule has 21 heavy (non-hydrogen) atoms. The van der Waals surface area contributed by atoms with Crippen molar-refractivity contribution in [2.24, 2.45) is 0 Å². The SMILES string of the molecule is Cc1cccc(OC(C)C(=O)N2CCCCC2C(=O)O)c1. The molecule has 1 aromatic carbocycles. The molecular formula is C16H21NO4. The van der Waals surface area contributed by atoms with E-state index in [9.17, 15) is 14.7 Å². The minimum absolute atomic E-state index is 0.261. The summed E-state index contributed by atoms with van der Waals surface area (Å²) < 4.78 is 5.65. The van der Waals surface area contributed by atoms with Crippen LogP contribution in [0.5, 0.6) is 5.75 Å². The number of nitrogens with zero attached hydrogens (tertiary/aromatic N) is 1. The molecule has 1 N–H and O–H groups in total. The van der Waals surface area contributed by atoms with Crippen LogP contribution in [-0.4, -0.2) is 40.6 Å². The van der Waals surface area contributed by atoms with Gasteiger partial charge in [0.2, 0.25) is 0 Å². The van der Waals surface area contributed by atoms with E-state index in [-0.39, 0.29) is 5.91 Å². The molecule has 0 saturated carbocycles. The molecule has 0 aromatic heterocycles. The highest BCUT2D eigenvalue weighted by Gasteiger charge is 2.34. The second-order valence-corrected chi connectivity index (χ2v) is 5.46. The van der Waals surface area contributed by atoms with E-state index in [1.807, 2.05) is 25.1 Å². The van der Waals surface area contributed by atoms with Gasteiger partial charge in [-0.15, -0.1) is 0 Å². The average Bonchev–Trinajstić information content (AvgIpc) is 2.46. The number of hydrogen-bond donors (Lipinski definition) is 1. The van der Waals surface area contributed by atoms with Crippen LogP contribution < -0.4 is 4.74 Å². The predicted molar refractivity (Wildman–Crippen MR) is 78.3 cm³/mol. The number of amides is 1. The predicted octanol–water partition coefficient (Wildman–Crippen LogP) is 2.23. The fourth-order valence-electron chi connectivity index (χ4n) is 2.63. The molecule has 1 heterocycles. The van der Waals surface area contributed by atoms with Crippen LogP contribution in [0.25, 0.3) is 0 Å². The molecule has 1 amide bonds. The number of aryl methyl sites for hydroxylation is 1. The Kier molecular flexibility index (Phi) is 4.83. The molecule has 1 aromatic rings. The molecule has 0 spiro atoms. The van der Waals surface area contributed by atoms with Crippen LogP contribution >= 0.6 is 0 Å². The normalized spacial score (nSPS) is 19.9. The van der Waals surface area contributed by atoms with Crippen molar-refractivity contribution in [1.29, 1.82) is 0 Å². The molecule has 0 bridgehead atoms. The highest BCUT2D eigenvalue weighted by molar-refractivity contribution is 5.86. The van der Waals surface area contributed by atoms with E-state index < -0.39 is 18.1 Å². The van der Waals surface area contributed by atoms with Crippen LogP contribution in [0.2, 0.25) is 0 Å². The number of carboxylic acids is 1. The summed E-state index contributed by atoms with van der Waals surface area (Å²) in [5.74, 6) is -0.575. The largest absolute Gasteiger partial charge is 0.481 e. The Hall–Kier alpha value is -2.04. The average molecular weight is 291 g/mol. The molecular weight excluding hydrogens is 270 g/mol. The molecule has 0 radical (unpaired) electrons. The van der Waals surface area contributed by atoms with Crippen LogP contribution in [0.15, 0.2) is 24.3 Å². The zero-order chi connectivity index (χ0) is 15.4. The maximum absolute atomic E-state index is 12.4. The van der Waals surface area contributed by atoms with Gasteiger partial charge in [0.25, 0.3) is 5.91 Å². The first-order valence-corrected chi connectivity index (χ1v) is 7.25. The molecule has 114 valence electrons. The lowest BCUT2D eigenvalue weighted by Gasteiger charge is -2.34. The van der Waals surface area contributed by atoms with Crippen LogP contribution in [0.4, 0.5) is 0 Å². The van der Waals surface area contributed by atoms with Gasteiger partial charge in [0.15, 0.2) is 6.10 Å². The van der Waals surface area contributed by atoms with Crippen molar-refractivity contribution in [2.45, 2.75) is 45.3 Å². The molecule has 2 atom stereocenters. The third kappa shape index (κ3) is 3.74. The smallest absolute Gasteiger partial charge is 0.326 e. The maximum atomic E-state index is 12.4. The lowest BCUT2D eigenvalue weighted by molar-refractivity contribution is -0.155. The molecule has 2 unspecified atom stereocenters. The number of carboxylic acid groups (broad SMARTS) is 1. The fraction of sp³-hybridized carbons (Fsp3) is 0.500. The lowest BCUT2D eigenvalue weighted by atomic mass is 10.0. The Balaban J connectivity index is 2.05. The van der Waals surface area contributed by atoms with Gasteiger partial charge in [0.05, 0.1) is 0 Å². The molecule has 2 rings (SSSR count). The van der Waals surface area contributed by atoms with E-state index >= 15 is 0 Å². The van der Waals surface area contributed by atoms with Gasteiger partial charge < -0.3 is 14.7 Å². The number of benzene rings is 1. The van der Waals surface area contributed by atoms with Crippen molar-refractivity contribution in [1.82, 2.24) is 4.90 Å². The van der Waals surface area contributed by atoms with Crippen molar-refractivity contribution < 1.29 is 19.4 Å². The van der Waals surface area contributed by atoms with E-state index in [0.29, 0.717) is 18.7 Å². The first-order chi connectivity index (χ1) is 9.99.